The van der Waals surface area contributed by atoms with Crippen LogP contribution in [-0.4, -0.2) is 52.2 Å². The number of aromatic amines is 1. The Kier molecular flexibility index (Phi) is 3.99. The first-order chi connectivity index (χ1) is 10.9. The van der Waals surface area contributed by atoms with E-state index >= 15 is 0 Å². The predicted molar refractivity (Wildman–Crippen MR) is 81.1 cm³/mol. The molecule has 1 unspecified atom stereocenters. The molecule has 1 aliphatic heterocycles. The molecule has 0 spiro atoms. The number of ether oxygens (including phenoxy) is 1. The molecule has 1 fully saturated rings. The smallest absolute Gasteiger partial charge is 0.334 e. The monoisotopic (exact) mass is 340 g/mol. The quantitative estimate of drug-likeness (QED) is 0.878. The third-order valence-electron chi connectivity index (χ3n) is 3.73. The number of carbonyl (C=O) groups is 2. The predicted octanol–water partition coefficient (Wildman–Crippen LogP) is 2.27. The van der Waals surface area contributed by atoms with Crippen LogP contribution < -0.4 is 0 Å². The maximum Gasteiger partial charge on any atom is 0.334 e. The molecule has 2 heterocycles. The van der Waals surface area contributed by atoms with Crippen LogP contribution in [0.3, 0.4) is 0 Å². The standard InChI is InChI=1S/C15H14ClFN2O4/c1-7-5-19(6-11(23-7)15(21)22)14(20)13-12(16)9-4-8(17)2-3-10(9)18-13/h2-4,7,11,18H,5-6H2,1H3,(H,21,22)/t7-,11?/m1/s1. The minimum Gasteiger partial charge on any atom is -0.479 e. The van der Waals surface area contributed by atoms with Crippen molar-refractivity contribution in [1.82, 2.24) is 9.88 Å². The van der Waals surface area contributed by atoms with E-state index in [1.807, 2.05) is 0 Å². The number of nitrogens with one attached hydrogen (secondary N) is 1. The van der Waals surface area contributed by atoms with Crippen molar-refractivity contribution < 1.29 is 23.8 Å². The summed E-state index contributed by atoms with van der Waals surface area (Å²) in [4.78, 5) is 28.0. The fourth-order valence-electron chi connectivity index (χ4n) is 2.69. The second kappa shape index (κ2) is 5.82. The number of nitrogens with zero attached hydrogens (tertiary/aromatic N) is 1. The number of hydrogen-bond acceptors (Lipinski definition) is 3. The van der Waals surface area contributed by atoms with Crippen molar-refractivity contribution in [3.63, 3.8) is 0 Å². The van der Waals surface area contributed by atoms with Gasteiger partial charge in [-0.2, -0.15) is 0 Å². The van der Waals surface area contributed by atoms with Crippen molar-refractivity contribution in [1.29, 1.82) is 0 Å². The van der Waals surface area contributed by atoms with E-state index in [2.05, 4.69) is 4.98 Å². The van der Waals surface area contributed by atoms with Crippen molar-refractivity contribution in [3.8, 4) is 0 Å². The molecule has 2 N–H and O–H groups in total. The molecular weight excluding hydrogens is 327 g/mol. The van der Waals surface area contributed by atoms with Crippen LogP contribution >= 0.6 is 11.6 Å². The Morgan fingerprint density at radius 3 is 2.87 bits per heavy atom. The van der Waals surface area contributed by atoms with Gasteiger partial charge in [0.15, 0.2) is 6.10 Å². The normalized spacial score (nSPS) is 21.6. The molecule has 122 valence electrons. The van der Waals surface area contributed by atoms with Gasteiger partial charge in [-0.05, 0) is 25.1 Å². The lowest BCUT2D eigenvalue weighted by Crippen LogP contribution is -2.51. The van der Waals surface area contributed by atoms with E-state index < -0.39 is 29.9 Å². The zero-order chi connectivity index (χ0) is 16.7. The molecule has 2 aromatic rings. The SMILES string of the molecule is C[C@@H]1CN(C(=O)c2[nH]c3ccc(F)cc3c2Cl)CC(C(=O)O)O1. The summed E-state index contributed by atoms with van der Waals surface area (Å²) in [5.41, 5.74) is 0.654. The molecule has 0 saturated carbocycles. The second-order valence-electron chi connectivity index (χ2n) is 5.49. The summed E-state index contributed by atoms with van der Waals surface area (Å²) in [5.74, 6) is -2.02. The van der Waals surface area contributed by atoms with Crippen molar-refractivity contribution in [3.05, 3.63) is 34.7 Å². The van der Waals surface area contributed by atoms with E-state index in [1.54, 1.807) is 6.92 Å². The molecule has 0 radical (unpaired) electrons. The van der Waals surface area contributed by atoms with Gasteiger partial charge < -0.3 is 19.7 Å². The van der Waals surface area contributed by atoms with Gasteiger partial charge in [0.1, 0.15) is 11.5 Å². The highest BCUT2D eigenvalue weighted by molar-refractivity contribution is 6.38. The number of aromatic nitrogens is 1. The topological polar surface area (TPSA) is 82.6 Å². The first-order valence-electron chi connectivity index (χ1n) is 7.01. The first-order valence-corrected chi connectivity index (χ1v) is 7.39. The van der Waals surface area contributed by atoms with Gasteiger partial charge in [-0.1, -0.05) is 11.6 Å². The average Bonchev–Trinajstić information content (AvgIpc) is 2.82. The van der Waals surface area contributed by atoms with Crippen molar-refractivity contribution in [2.24, 2.45) is 0 Å². The van der Waals surface area contributed by atoms with E-state index in [0.29, 0.717) is 10.9 Å². The lowest BCUT2D eigenvalue weighted by atomic mass is 10.2. The Balaban J connectivity index is 1.93. The van der Waals surface area contributed by atoms with Gasteiger partial charge in [0.25, 0.3) is 5.91 Å². The number of aliphatic carboxylic acids is 1. The van der Waals surface area contributed by atoms with Crippen molar-refractivity contribution in [2.75, 3.05) is 13.1 Å². The third-order valence-corrected chi connectivity index (χ3v) is 4.13. The zero-order valence-electron chi connectivity index (χ0n) is 12.2. The van der Waals surface area contributed by atoms with Gasteiger partial charge in [-0.3, -0.25) is 4.79 Å². The maximum absolute atomic E-state index is 13.3. The Bertz CT molecular complexity index is 791. The van der Waals surface area contributed by atoms with Crippen LogP contribution in [0.1, 0.15) is 17.4 Å². The Morgan fingerprint density at radius 1 is 1.43 bits per heavy atom. The van der Waals surface area contributed by atoms with E-state index in [4.69, 9.17) is 21.4 Å². The van der Waals surface area contributed by atoms with Gasteiger partial charge in [0.2, 0.25) is 0 Å². The molecule has 1 saturated heterocycles. The van der Waals surface area contributed by atoms with Crippen molar-refractivity contribution in [2.45, 2.75) is 19.1 Å². The summed E-state index contributed by atoms with van der Waals surface area (Å²) in [7, 11) is 0. The summed E-state index contributed by atoms with van der Waals surface area (Å²) in [6.07, 6.45) is -1.49. The molecule has 1 aromatic carbocycles. The molecule has 0 bridgehead atoms. The van der Waals surface area contributed by atoms with Gasteiger partial charge >= 0.3 is 5.97 Å². The highest BCUT2D eigenvalue weighted by atomic mass is 35.5. The molecule has 0 aliphatic carbocycles. The summed E-state index contributed by atoms with van der Waals surface area (Å²) in [5, 5.41) is 9.62. The molecule has 1 amide bonds. The minimum absolute atomic E-state index is 0.0709. The number of H-pyrrole nitrogens is 1. The summed E-state index contributed by atoms with van der Waals surface area (Å²) >= 11 is 6.19. The Hall–Kier alpha value is -2.12. The molecule has 1 aromatic heterocycles. The van der Waals surface area contributed by atoms with Gasteiger partial charge in [-0.15, -0.1) is 0 Å². The number of benzene rings is 1. The zero-order valence-corrected chi connectivity index (χ0v) is 12.9. The van der Waals surface area contributed by atoms with Crippen LogP contribution in [0.5, 0.6) is 0 Å². The number of fused-ring (bicyclic) bond motifs is 1. The lowest BCUT2D eigenvalue weighted by Gasteiger charge is -2.34. The number of morpholine rings is 1. The van der Waals surface area contributed by atoms with Crippen LogP contribution in [0.15, 0.2) is 18.2 Å². The molecule has 8 heteroatoms. The fraction of sp³-hybridized carbons (Fsp3) is 0.333. The number of amides is 1. The van der Waals surface area contributed by atoms with E-state index in [-0.39, 0.29) is 23.8 Å². The second-order valence-corrected chi connectivity index (χ2v) is 5.87. The number of hydrogen-bond donors (Lipinski definition) is 2. The number of halogens is 2. The maximum atomic E-state index is 13.3. The number of carboxylic acids is 1. The van der Waals surface area contributed by atoms with Crippen LogP contribution in [-0.2, 0) is 9.53 Å². The van der Waals surface area contributed by atoms with Gasteiger partial charge in [-0.25, -0.2) is 9.18 Å². The first kappa shape index (κ1) is 15.8. The highest BCUT2D eigenvalue weighted by Gasteiger charge is 2.34. The van der Waals surface area contributed by atoms with Crippen LogP contribution in [0.25, 0.3) is 10.9 Å². The summed E-state index contributed by atoms with van der Waals surface area (Å²) in [6, 6.07) is 4.00. The lowest BCUT2D eigenvalue weighted by molar-refractivity contribution is -0.160. The number of carboxylic acid groups (broad SMARTS) is 1. The van der Waals surface area contributed by atoms with Crippen molar-refractivity contribution >= 4 is 34.4 Å². The van der Waals surface area contributed by atoms with Crippen LogP contribution in [0.2, 0.25) is 5.02 Å². The molecular formula is C15H14ClFN2O4. The van der Waals surface area contributed by atoms with E-state index in [9.17, 15) is 14.0 Å². The van der Waals surface area contributed by atoms with E-state index in [1.165, 1.54) is 23.1 Å². The highest BCUT2D eigenvalue weighted by Crippen LogP contribution is 2.29. The fourth-order valence-corrected chi connectivity index (χ4v) is 2.97. The molecule has 2 atom stereocenters. The molecule has 6 nitrogen and oxygen atoms in total. The van der Waals surface area contributed by atoms with E-state index in [0.717, 1.165) is 0 Å². The van der Waals surface area contributed by atoms with Crippen LogP contribution in [0.4, 0.5) is 4.39 Å². The van der Waals surface area contributed by atoms with Gasteiger partial charge in [0, 0.05) is 17.4 Å². The molecule has 3 rings (SSSR count). The van der Waals surface area contributed by atoms with Gasteiger partial charge in [0.05, 0.1) is 17.7 Å². The Morgan fingerprint density at radius 2 is 2.17 bits per heavy atom. The minimum atomic E-state index is -1.13. The third kappa shape index (κ3) is 2.89. The van der Waals surface area contributed by atoms with Crippen LogP contribution in [0, 0.1) is 5.82 Å². The largest absolute Gasteiger partial charge is 0.479 e. The average molecular weight is 341 g/mol. The Labute approximate surface area is 135 Å². The number of rotatable bonds is 2. The molecule has 1 aliphatic rings. The summed E-state index contributed by atoms with van der Waals surface area (Å²) in [6.45, 7) is 1.87. The molecule has 23 heavy (non-hydrogen) atoms. The number of carbonyl (C=O) groups excluding carboxylic acids is 1. The summed E-state index contributed by atoms with van der Waals surface area (Å²) < 4.78 is 18.6.